The van der Waals surface area contributed by atoms with Gasteiger partial charge in [-0.15, -0.1) is 0 Å². The van der Waals surface area contributed by atoms with Crippen LogP contribution in [0, 0.1) is 0 Å². The molecule has 2 aromatic rings. The van der Waals surface area contributed by atoms with E-state index in [9.17, 15) is 22.8 Å². The van der Waals surface area contributed by atoms with Gasteiger partial charge >= 0.3 is 5.97 Å². The number of alkyl halides is 1. The highest BCUT2D eigenvalue weighted by Gasteiger charge is 2.50. The van der Waals surface area contributed by atoms with Gasteiger partial charge in [-0.05, 0) is 24.1 Å². The predicted octanol–water partition coefficient (Wildman–Crippen LogP) is 1.99. The molecule has 0 aromatic heterocycles. The highest BCUT2D eigenvalue weighted by molar-refractivity contribution is 7.85. The van der Waals surface area contributed by atoms with Gasteiger partial charge in [-0.25, -0.2) is 9.18 Å². The van der Waals surface area contributed by atoms with Crippen LogP contribution in [0.1, 0.15) is 24.8 Å². The highest BCUT2D eigenvalue weighted by Crippen LogP contribution is 2.32. The summed E-state index contributed by atoms with van der Waals surface area (Å²) in [6.07, 6.45) is 0.772. The number of nitrogens with zero attached hydrogens (tertiary/aromatic N) is 1. The van der Waals surface area contributed by atoms with Crippen LogP contribution in [-0.4, -0.2) is 75.4 Å². The van der Waals surface area contributed by atoms with E-state index in [-0.39, 0.29) is 13.0 Å². The number of likely N-dealkylation sites (tertiary alicyclic amines) is 1. The zero-order valence-electron chi connectivity index (χ0n) is 21.0. The van der Waals surface area contributed by atoms with Gasteiger partial charge in [-0.3, -0.25) is 13.8 Å². The molecule has 1 fully saturated rings. The summed E-state index contributed by atoms with van der Waals surface area (Å²) in [5.41, 5.74) is -1.60. The quantitative estimate of drug-likeness (QED) is 0.228. The third-order valence-electron chi connectivity index (χ3n) is 5.73. The van der Waals surface area contributed by atoms with E-state index in [1.807, 2.05) is 18.2 Å². The second kappa shape index (κ2) is 13.3. The summed E-state index contributed by atoms with van der Waals surface area (Å²) in [5, 5.41) is 2.47. The van der Waals surface area contributed by atoms with E-state index >= 15 is 4.39 Å². The number of rotatable bonds is 13. The molecule has 0 unspecified atom stereocenters. The molecule has 0 bridgehead atoms. The molecule has 38 heavy (non-hydrogen) atoms. The van der Waals surface area contributed by atoms with Gasteiger partial charge in [0.05, 0.1) is 26.0 Å². The summed E-state index contributed by atoms with van der Waals surface area (Å²) < 4.78 is 53.7. The van der Waals surface area contributed by atoms with Crippen molar-refractivity contribution in [1.29, 1.82) is 0 Å². The maximum Gasteiger partial charge on any atom is 0.329 e. The second-order valence-electron chi connectivity index (χ2n) is 8.99. The molecule has 2 aromatic carbocycles. The fourth-order valence-corrected chi connectivity index (χ4v) is 4.28. The maximum atomic E-state index is 15.5. The van der Waals surface area contributed by atoms with Gasteiger partial charge in [0.2, 0.25) is 11.8 Å². The second-order valence-corrected chi connectivity index (χ2v) is 10.6. The van der Waals surface area contributed by atoms with E-state index in [0.717, 1.165) is 11.2 Å². The molecule has 206 valence electrons. The predicted molar refractivity (Wildman–Crippen MR) is 135 cm³/mol. The Morgan fingerprint density at radius 2 is 1.74 bits per heavy atom. The Bertz CT molecular complexity index is 1200. The fraction of sp³-hybridized carbons (Fsp3) is 0.423. The lowest BCUT2D eigenvalue weighted by Crippen LogP contribution is -2.46. The molecular weight excluding hydrogens is 519 g/mol. The van der Waals surface area contributed by atoms with Gasteiger partial charge in [0.25, 0.3) is 10.1 Å². The molecule has 2 atom stereocenters. The first-order chi connectivity index (χ1) is 18.0. The smallest absolute Gasteiger partial charge is 0.329 e. The number of esters is 1. The first kappa shape index (κ1) is 29.1. The summed E-state index contributed by atoms with van der Waals surface area (Å²) in [7, 11) is -3.95. The number of ether oxygens (including phenoxy) is 2. The van der Waals surface area contributed by atoms with Crippen molar-refractivity contribution in [2.45, 2.75) is 37.6 Å². The first-order valence-electron chi connectivity index (χ1n) is 12.0. The molecule has 1 N–H and O–H groups in total. The van der Waals surface area contributed by atoms with Crippen molar-refractivity contribution in [3.8, 4) is 5.75 Å². The van der Waals surface area contributed by atoms with Crippen molar-refractivity contribution in [3.63, 3.8) is 0 Å². The third kappa shape index (κ3) is 9.42. The topological polar surface area (TPSA) is 128 Å². The van der Waals surface area contributed by atoms with E-state index in [0.29, 0.717) is 24.3 Å². The summed E-state index contributed by atoms with van der Waals surface area (Å²) >= 11 is 0. The Morgan fingerprint density at radius 3 is 2.39 bits per heavy atom. The van der Waals surface area contributed by atoms with E-state index < -0.39 is 65.7 Å². The van der Waals surface area contributed by atoms with Crippen LogP contribution in [0.25, 0.3) is 0 Å². The zero-order chi connectivity index (χ0) is 27.6. The van der Waals surface area contributed by atoms with Crippen LogP contribution in [0.4, 0.5) is 4.39 Å². The molecule has 3 rings (SSSR count). The molecule has 0 radical (unpaired) electrons. The third-order valence-corrected chi connectivity index (χ3v) is 6.28. The number of hydrogen-bond donors (Lipinski definition) is 1. The average Bonchev–Trinajstić information content (AvgIpc) is 3.26. The van der Waals surface area contributed by atoms with Crippen molar-refractivity contribution >= 4 is 27.9 Å². The Hall–Kier alpha value is -3.51. The summed E-state index contributed by atoms with van der Waals surface area (Å²) in [5.74, 6) is -1.29. The van der Waals surface area contributed by atoms with Crippen LogP contribution in [0.15, 0.2) is 60.7 Å². The Kier molecular flexibility index (Phi) is 10.2. The van der Waals surface area contributed by atoms with Crippen LogP contribution in [0.5, 0.6) is 5.75 Å². The van der Waals surface area contributed by atoms with Crippen molar-refractivity contribution in [2.75, 3.05) is 32.6 Å². The molecule has 1 aliphatic heterocycles. The minimum absolute atomic E-state index is 0.0842. The van der Waals surface area contributed by atoms with Gasteiger partial charge in [0.15, 0.2) is 5.67 Å². The van der Waals surface area contributed by atoms with Crippen LogP contribution in [-0.2, 0) is 40.0 Å². The Morgan fingerprint density at radius 1 is 1.08 bits per heavy atom. The monoisotopic (exact) mass is 550 g/mol. The summed E-state index contributed by atoms with van der Waals surface area (Å²) in [6, 6.07) is 16.6. The highest BCUT2D eigenvalue weighted by atomic mass is 32.2. The van der Waals surface area contributed by atoms with Crippen LogP contribution in [0.2, 0.25) is 0 Å². The molecule has 0 aliphatic carbocycles. The average molecular weight is 551 g/mol. The molecule has 0 spiro atoms. The number of halogens is 1. The van der Waals surface area contributed by atoms with Crippen LogP contribution < -0.4 is 10.1 Å². The van der Waals surface area contributed by atoms with E-state index in [1.165, 1.54) is 0 Å². The van der Waals surface area contributed by atoms with Crippen molar-refractivity contribution in [3.05, 3.63) is 66.2 Å². The SMILES string of the molecule is CS(=O)(=O)OC[C@@]1(F)C[C@@H](C(=O)OCc2ccccc2)N(C(=O)CNC(=O)CCCOc2ccccc2)C1. The van der Waals surface area contributed by atoms with Gasteiger partial charge in [-0.2, -0.15) is 8.42 Å². The lowest BCUT2D eigenvalue weighted by molar-refractivity contribution is -0.154. The number of hydrogen-bond acceptors (Lipinski definition) is 8. The molecule has 0 saturated carbocycles. The lowest BCUT2D eigenvalue weighted by atomic mass is 10.0. The van der Waals surface area contributed by atoms with Crippen molar-refractivity contribution in [2.24, 2.45) is 0 Å². The molecule has 1 saturated heterocycles. The minimum Gasteiger partial charge on any atom is -0.494 e. The summed E-state index contributed by atoms with van der Waals surface area (Å²) in [6.45, 7) is -1.69. The van der Waals surface area contributed by atoms with Gasteiger partial charge in [0.1, 0.15) is 25.0 Å². The minimum atomic E-state index is -3.95. The van der Waals surface area contributed by atoms with Gasteiger partial charge in [0, 0.05) is 12.8 Å². The van der Waals surface area contributed by atoms with E-state index in [1.54, 1.807) is 42.5 Å². The molecule has 12 heteroatoms. The van der Waals surface area contributed by atoms with Gasteiger partial charge in [-0.1, -0.05) is 48.5 Å². The molecular formula is C26H31FN2O8S. The fourth-order valence-electron chi connectivity index (χ4n) is 3.86. The molecule has 2 amide bonds. The Labute approximate surface area is 221 Å². The lowest BCUT2D eigenvalue weighted by Gasteiger charge is -2.23. The molecule has 1 heterocycles. The van der Waals surface area contributed by atoms with Crippen molar-refractivity contribution < 1.29 is 40.8 Å². The summed E-state index contributed by atoms with van der Waals surface area (Å²) in [4.78, 5) is 38.9. The van der Waals surface area contributed by atoms with Crippen LogP contribution in [0.3, 0.4) is 0 Å². The molecule has 1 aliphatic rings. The largest absolute Gasteiger partial charge is 0.494 e. The standard InChI is InChI=1S/C26H31FN2O8S/c1-38(33,34)37-19-26(27)15-22(25(32)36-17-20-9-4-2-5-10-20)29(18-26)24(31)16-28-23(30)13-8-14-35-21-11-6-3-7-12-21/h2-7,9-12,22H,8,13-19H2,1H3,(H,28,30)/t22-,26+/m0/s1. The number of carbonyl (C=O) groups excluding carboxylic acids is 3. The first-order valence-corrected chi connectivity index (χ1v) is 13.8. The number of para-hydroxylation sites is 1. The normalized spacial score (nSPS) is 19.1. The molecule has 10 nitrogen and oxygen atoms in total. The van der Waals surface area contributed by atoms with E-state index in [2.05, 4.69) is 9.50 Å². The van der Waals surface area contributed by atoms with E-state index in [4.69, 9.17) is 9.47 Å². The van der Waals surface area contributed by atoms with Crippen molar-refractivity contribution in [1.82, 2.24) is 10.2 Å². The van der Waals surface area contributed by atoms with Crippen LogP contribution >= 0.6 is 0 Å². The van der Waals surface area contributed by atoms with Gasteiger partial charge < -0.3 is 19.7 Å². The number of nitrogens with one attached hydrogen (secondary N) is 1. The number of amides is 2. The Balaban J connectivity index is 1.54. The zero-order valence-corrected chi connectivity index (χ0v) is 21.8. The number of benzene rings is 2. The number of carbonyl (C=O) groups is 3. The maximum absolute atomic E-state index is 15.5.